The van der Waals surface area contributed by atoms with Gasteiger partial charge in [-0.05, 0) is 30.9 Å². The summed E-state index contributed by atoms with van der Waals surface area (Å²) in [6.07, 6.45) is 6.45. The maximum absolute atomic E-state index is 9.89. The van der Waals surface area contributed by atoms with Crippen molar-refractivity contribution in [3.05, 3.63) is 24.0 Å². The topological polar surface area (TPSA) is 54.4 Å². The Morgan fingerprint density at radius 3 is 2.94 bits per heavy atom. The van der Waals surface area contributed by atoms with Crippen LogP contribution in [0.4, 0.5) is 0 Å². The van der Waals surface area contributed by atoms with Crippen LogP contribution in [0.3, 0.4) is 0 Å². The first-order chi connectivity index (χ1) is 7.72. The second-order valence-electron chi connectivity index (χ2n) is 4.41. The molecule has 1 heterocycles. The molecule has 0 saturated heterocycles. The zero-order valence-electron chi connectivity index (χ0n) is 9.57. The van der Waals surface area contributed by atoms with Gasteiger partial charge in [0.2, 0.25) is 0 Å². The van der Waals surface area contributed by atoms with Gasteiger partial charge in [-0.15, -0.1) is 0 Å². The van der Waals surface area contributed by atoms with Crippen molar-refractivity contribution in [1.29, 1.82) is 0 Å². The Hall–Kier alpha value is -1.13. The lowest BCUT2D eigenvalue weighted by atomic mass is 9.80. The van der Waals surface area contributed by atoms with Crippen molar-refractivity contribution < 1.29 is 9.84 Å². The highest BCUT2D eigenvalue weighted by Gasteiger charge is 2.33. The summed E-state index contributed by atoms with van der Waals surface area (Å²) >= 11 is 0. The molecule has 16 heavy (non-hydrogen) atoms. The SMILES string of the molecule is COc1cncc(CNCC2(O)CCC2)c1. The molecule has 0 atom stereocenters. The fourth-order valence-electron chi connectivity index (χ4n) is 1.87. The van der Waals surface area contributed by atoms with Gasteiger partial charge in [0.05, 0.1) is 18.9 Å². The minimum atomic E-state index is -0.466. The number of ether oxygens (including phenoxy) is 1. The lowest BCUT2D eigenvalue weighted by Gasteiger charge is -2.36. The zero-order valence-corrected chi connectivity index (χ0v) is 9.57. The molecule has 1 aliphatic carbocycles. The van der Waals surface area contributed by atoms with Gasteiger partial charge in [-0.3, -0.25) is 4.98 Å². The lowest BCUT2D eigenvalue weighted by molar-refractivity contribution is -0.0314. The highest BCUT2D eigenvalue weighted by atomic mass is 16.5. The Bertz CT molecular complexity index is 351. The molecule has 1 aliphatic rings. The molecular weight excluding hydrogens is 204 g/mol. The number of aliphatic hydroxyl groups is 1. The summed E-state index contributed by atoms with van der Waals surface area (Å²) in [5.74, 6) is 0.765. The van der Waals surface area contributed by atoms with E-state index in [0.717, 1.165) is 30.6 Å². The van der Waals surface area contributed by atoms with Crippen molar-refractivity contribution in [2.75, 3.05) is 13.7 Å². The Morgan fingerprint density at radius 2 is 2.31 bits per heavy atom. The molecule has 1 aromatic heterocycles. The van der Waals surface area contributed by atoms with Crippen molar-refractivity contribution in [1.82, 2.24) is 10.3 Å². The molecule has 2 rings (SSSR count). The Morgan fingerprint density at radius 1 is 1.50 bits per heavy atom. The lowest BCUT2D eigenvalue weighted by Crippen LogP contribution is -2.45. The van der Waals surface area contributed by atoms with E-state index in [1.165, 1.54) is 0 Å². The third kappa shape index (κ3) is 2.71. The van der Waals surface area contributed by atoms with E-state index in [1.807, 2.05) is 6.07 Å². The number of hydrogen-bond acceptors (Lipinski definition) is 4. The van der Waals surface area contributed by atoms with E-state index in [0.29, 0.717) is 13.1 Å². The molecule has 88 valence electrons. The van der Waals surface area contributed by atoms with Crippen LogP contribution in [0.25, 0.3) is 0 Å². The predicted molar refractivity (Wildman–Crippen MR) is 61.3 cm³/mol. The third-order valence-electron chi connectivity index (χ3n) is 3.07. The molecule has 1 fully saturated rings. The number of hydrogen-bond donors (Lipinski definition) is 2. The summed E-state index contributed by atoms with van der Waals surface area (Å²) < 4.78 is 5.09. The maximum atomic E-state index is 9.89. The summed E-state index contributed by atoms with van der Waals surface area (Å²) in [5, 5.41) is 13.1. The molecule has 4 nitrogen and oxygen atoms in total. The molecule has 0 aromatic carbocycles. The van der Waals surface area contributed by atoms with Gasteiger partial charge < -0.3 is 15.2 Å². The fourth-order valence-corrected chi connectivity index (χ4v) is 1.87. The second-order valence-corrected chi connectivity index (χ2v) is 4.41. The van der Waals surface area contributed by atoms with Gasteiger partial charge in [0, 0.05) is 19.3 Å². The normalized spacial score (nSPS) is 17.9. The zero-order chi connectivity index (χ0) is 11.4. The minimum absolute atomic E-state index is 0.466. The Balaban J connectivity index is 1.80. The van der Waals surface area contributed by atoms with Crippen LogP contribution in [0, 0.1) is 0 Å². The highest BCUT2D eigenvalue weighted by Crippen LogP contribution is 2.30. The average molecular weight is 222 g/mol. The quantitative estimate of drug-likeness (QED) is 0.783. The maximum Gasteiger partial charge on any atom is 0.137 e. The Kier molecular flexibility index (Phi) is 3.41. The van der Waals surface area contributed by atoms with Gasteiger partial charge in [0.1, 0.15) is 5.75 Å². The Labute approximate surface area is 95.7 Å². The smallest absolute Gasteiger partial charge is 0.137 e. The fraction of sp³-hybridized carbons (Fsp3) is 0.583. The van der Waals surface area contributed by atoms with Gasteiger partial charge in [-0.1, -0.05) is 0 Å². The number of nitrogens with zero attached hydrogens (tertiary/aromatic N) is 1. The van der Waals surface area contributed by atoms with E-state index in [1.54, 1.807) is 19.5 Å². The van der Waals surface area contributed by atoms with E-state index in [-0.39, 0.29) is 0 Å². The molecule has 4 heteroatoms. The van der Waals surface area contributed by atoms with Crippen molar-refractivity contribution in [2.45, 2.75) is 31.4 Å². The molecular formula is C12H18N2O2. The average Bonchev–Trinajstić information content (AvgIpc) is 2.27. The third-order valence-corrected chi connectivity index (χ3v) is 3.07. The second kappa shape index (κ2) is 4.80. The van der Waals surface area contributed by atoms with E-state index in [9.17, 15) is 5.11 Å². The van der Waals surface area contributed by atoms with Crippen LogP contribution in [0.1, 0.15) is 24.8 Å². The first-order valence-electron chi connectivity index (χ1n) is 5.63. The summed E-state index contributed by atoms with van der Waals surface area (Å²) in [5.41, 5.74) is 0.606. The van der Waals surface area contributed by atoms with Gasteiger partial charge >= 0.3 is 0 Å². The molecule has 0 aliphatic heterocycles. The van der Waals surface area contributed by atoms with Crippen LogP contribution in [0.2, 0.25) is 0 Å². The van der Waals surface area contributed by atoms with E-state index >= 15 is 0 Å². The number of rotatable bonds is 5. The molecule has 0 bridgehead atoms. The molecule has 0 unspecified atom stereocenters. The van der Waals surface area contributed by atoms with Crippen LogP contribution < -0.4 is 10.1 Å². The van der Waals surface area contributed by atoms with Crippen molar-refractivity contribution in [3.63, 3.8) is 0 Å². The summed E-state index contributed by atoms with van der Waals surface area (Å²) in [7, 11) is 1.63. The van der Waals surface area contributed by atoms with Gasteiger partial charge in [-0.25, -0.2) is 0 Å². The van der Waals surface area contributed by atoms with E-state index in [2.05, 4.69) is 10.3 Å². The highest BCUT2D eigenvalue weighted by molar-refractivity contribution is 5.23. The summed E-state index contributed by atoms with van der Waals surface area (Å²) in [6.45, 7) is 1.37. The molecule has 1 saturated carbocycles. The molecule has 1 aromatic rings. The standard InChI is InChI=1S/C12H18N2O2/c1-16-11-5-10(6-13-8-11)7-14-9-12(15)3-2-4-12/h5-6,8,14-15H,2-4,7,9H2,1H3. The van der Waals surface area contributed by atoms with Gasteiger partial charge in [0.15, 0.2) is 0 Å². The predicted octanol–water partition coefficient (Wildman–Crippen LogP) is 1.09. The summed E-state index contributed by atoms with van der Waals surface area (Å²) in [6, 6.07) is 1.95. The van der Waals surface area contributed by atoms with Crippen LogP contribution in [-0.4, -0.2) is 29.3 Å². The van der Waals surface area contributed by atoms with E-state index < -0.39 is 5.60 Å². The monoisotopic (exact) mass is 222 g/mol. The summed E-state index contributed by atoms with van der Waals surface area (Å²) in [4.78, 5) is 4.08. The molecule has 0 spiro atoms. The van der Waals surface area contributed by atoms with Gasteiger partial charge in [-0.2, -0.15) is 0 Å². The van der Waals surface area contributed by atoms with Crippen LogP contribution >= 0.6 is 0 Å². The van der Waals surface area contributed by atoms with E-state index in [4.69, 9.17) is 4.74 Å². The van der Waals surface area contributed by atoms with Crippen molar-refractivity contribution >= 4 is 0 Å². The molecule has 2 N–H and O–H groups in total. The number of aromatic nitrogens is 1. The van der Waals surface area contributed by atoms with Crippen LogP contribution in [0.5, 0.6) is 5.75 Å². The van der Waals surface area contributed by atoms with Crippen molar-refractivity contribution in [2.24, 2.45) is 0 Å². The number of pyridine rings is 1. The first kappa shape index (κ1) is 11.4. The minimum Gasteiger partial charge on any atom is -0.495 e. The van der Waals surface area contributed by atoms with Crippen LogP contribution in [0.15, 0.2) is 18.5 Å². The van der Waals surface area contributed by atoms with Crippen molar-refractivity contribution in [3.8, 4) is 5.75 Å². The first-order valence-corrected chi connectivity index (χ1v) is 5.63. The molecule has 0 amide bonds. The molecule has 0 radical (unpaired) electrons. The largest absolute Gasteiger partial charge is 0.495 e. The number of nitrogens with one attached hydrogen (secondary N) is 1. The van der Waals surface area contributed by atoms with Crippen LogP contribution in [-0.2, 0) is 6.54 Å². The van der Waals surface area contributed by atoms with Gasteiger partial charge in [0.25, 0.3) is 0 Å². The number of methoxy groups -OCH3 is 1.